The van der Waals surface area contributed by atoms with Crippen molar-refractivity contribution < 1.29 is 9.90 Å². The summed E-state index contributed by atoms with van der Waals surface area (Å²) >= 11 is 0. The molecular formula is C8H17NO2. The summed E-state index contributed by atoms with van der Waals surface area (Å²) in [5.41, 5.74) is 0.0968. The lowest BCUT2D eigenvalue weighted by Gasteiger charge is -2.25. The number of rotatable bonds is 2. The van der Waals surface area contributed by atoms with Crippen molar-refractivity contribution in [2.45, 2.75) is 20.8 Å². The minimum atomic E-state index is -0.396. The Hall–Kier alpha value is -0.570. The van der Waals surface area contributed by atoms with Crippen molar-refractivity contribution in [3.63, 3.8) is 0 Å². The molecule has 0 spiro atoms. The Bertz CT molecular complexity index is 138. The van der Waals surface area contributed by atoms with Crippen LogP contribution in [-0.4, -0.2) is 36.1 Å². The van der Waals surface area contributed by atoms with Gasteiger partial charge in [-0.05, 0) is 5.41 Å². The molecule has 1 N–H and O–H groups in total. The number of hydrogen-bond donors (Lipinski definition) is 1. The maximum Gasteiger partial charge on any atom is 0.248 e. The van der Waals surface area contributed by atoms with E-state index < -0.39 is 6.61 Å². The molecule has 0 bridgehead atoms. The number of carbonyl (C=O) groups is 1. The minimum Gasteiger partial charge on any atom is -0.387 e. The highest BCUT2D eigenvalue weighted by atomic mass is 16.3. The standard InChI is InChI=1S/C8H17NO2/c1-8(2,3)6-9(4)7(11)5-10/h10H,5-6H2,1-4H3. The summed E-state index contributed by atoms with van der Waals surface area (Å²) in [4.78, 5) is 12.4. The Morgan fingerprint density at radius 2 is 1.91 bits per heavy atom. The average molecular weight is 159 g/mol. The number of amides is 1. The van der Waals surface area contributed by atoms with Crippen LogP contribution in [0.1, 0.15) is 20.8 Å². The summed E-state index contributed by atoms with van der Waals surface area (Å²) in [5, 5.41) is 8.51. The molecule has 3 heteroatoms. The monoisotopic (exact) mass is 159 g/mol. The molecule has 11 heavy (non-hydrogen) atoms. The lowest BCUT2D eigenvalue weighted by molar-refractivity contribution is -0.133. The maximum absolute atomic E-state index is 10.9. The van der Waals surface area contributed by atoms with Crippen LogP contribution in [0.3, 0.4) is 0 Å². The molecule has 0 aliphatic carbocycles. The summed E-state index contributed by atoms with van der Waals surface area (Å²) < 4.78 is 0. The third-order valence-corrected chi connectivity index (χ3v) is 1.27. The second-order valence-electron chi connectivity index (χ2n) is 3.97. The third kappa shape index (κ3) is 4.79. The van der Waals surface area contributed by atoms with Gasteiger partial charge in [-0.15, -0.1) is 0 Å². The van der Waals surface area contributed by atoms with Gasteiger partial charge in [0.2, 0.25) is 5.91 Å². The van der Waals surface area contributed by atoms with E-state index in [1.165, 1.54) is 0 Å². The molecule has 0 aliphatic heterocycles. The molecule has 0 atom stereocenters. The Labute approximate surface area is 68.0 Å². The van der Waals surface area contributed by atoms with Crippen LogP contribution >= 0.6 is 0 Å². The van der Waals surface area contributed by atoms with Crippen LogP contribution in [0.2, 0.25) is 0 Å². The van der Waals surface area contributed by atoms with Crippen LogP contribution in [0.25, 0.3) is 0 Å². The zero-order chi connectivity index (χ0) is 9.07. The van der Waals surface area contributed by atoms with Gasteiger partial charge in [-0.25, -0.2) is 0 Å². The number of hydrogen-bond acceptors (Lipinski definition) is 2. The molecule has 0 aromatic carbocycles. The fourth-order valence-corrected chi connectivity index (χ4v) is 0.920. The molecule has 0 rings (SSSR count). The van der Waals surface area contributed by atoms with E-state index in [0.717, 1.165) is 0 Å². The quantitative estimate of drug-likeness (QED) is 0.636. The molecule has 1 amide bonds. The molecule has 0 heterocycles. The Morgan fingerprint density at radius 1 is 1.45 bits per heavy atom. The second-order valence-corrected chi connectivity index (χ2v) is 3.97. The van der Waals surface area contributed by atoms with Crippen LogP contribution in [0.4, 0.5) is 0 Å². The molecule has 66 valence electrons. The van der Waals surface area contributed by atoms with Crippen LogP contribution in [0.15, 0.2) is 0 Å². The maximum atomic E-state index is 10.9. The summed E-state index contributed by atoms with van der Waals surface area (Å²) in [6.45, 7) is 6.43. The van der Waals surface area contributed by atoms with Crippen molar-refractivity contribution in [2.24, 2.45) is 5.41 Å². The van der Waals surface area contributed by atoms with Crippen molar-refractivity contribution in [3.8, 4) is 0 Å². The van der Waals surface area contributed by atoms with Gasteiger partial charge in [-0.3, -0.25) is 4.79 Å². The highest BCUT2D eigenvalue weighted by Gasteiger charge is 2.16. The summed E-state index contributed by atoms with van der Waals surface area (Å²) in [6, 6.07) is 0. The Balaban J connectivity index is 3.87. The fourth-order valence-electron chi connectivity index (χ4n) is 0.920. The van der Waals surface area contributed by atoms with E-state index in [9.17, 15) is 4.79 Å². The van der Waals surface area contributed by atoms with Crippen LogP contribution in [0, 0.1) is 5.41 Å². The fraction of sp³-hybridized carbons (Fsp3) is 0.875. The van der Waals surface area contributed by atoms with Gasteiger partial charge in [0.25, 0.3) is 0 Å². The van der Waals surface area contributed by atoms with Crippen molar-refractivity contribution in [1.29, 1.82) is 0 Å². The van der Waals surface area contributed by atoms with Gasteiger partial charge in [0.05, 0.1) is 0 Å². The zero-order valence-electron chi connectivity index (χ0n) is 7.72. The smallest absolute Gasteiger partial charge is 0.248 e. The molecular weight excluding hydrogens is 142 g/mol. The third-order valence-electron chi connectivity index (χ3n) is 1.27. The first kappa shape index (κ1) is 10.4. The van der Waals surface area contributed by atoms with Gasteiger partial charge in [0.15, 0.2) is 0 Å². The van der Waals surface area contributed by atoms with Gasteiger partial charge >= 0.3 is 0 Å². The van der Waals surface area contributed by atoms with E-state index >= 15 is 0 Å². The molecule has 0 fully saturated rings. The molecule has 0 aromatic rings. The first-order chi connectivity index (χ1) is 4.87. The molecule has 0 unspecified atom stereocenters. The first-order valence-corrected chi connectivity index (χ1v) is 3.71. The highest BCUT2D eigenvalue weighted by molar-refractivity contribution is 5.76. The van der Waals surface area contributed by atoms with Crippen LogP contribution in [0.5, 0.6) is 0 Å². The van der Waals surface area contributed by atoms with Crippen LogP contribution in [-0.2, 0) is 4.79 Å². The van der Waals surface area contributed by atoms with Crippen molar-refractivity contribution in [1.82, 2.24) is 4.90 Å². The second kappa shape index (κ2) is 3.72. The summed E-state index contributed by atoms with van der Waals surface area (Å²) in [6.07, 6.45) is 0. The Morgan fingerprint density at radius 3 is 2.18 bits per heavy atom. The van der Waals surface area contributed by atoms with Gasteiger partial charge in [0, 0.05) is 13.6 Å². The largest absolute Gasteiger partial charge is 0.387 e. The molecule has 0 aromatic heterocycles. The SMILES string of the molecule is CN(CC(C)(C)C)C(=O)CO. The van der Waals surface area contributed by atoms with Gasteiger partial charge in [0.1, 0.15) is 6.61 Å². The number of aliphatic hydroxyl groups excluding tert-OH is 1. The number of aliphatic hydroxyl groups is 1. The van der Waals surface area contributed by atoms with Crippen LogP contribution < -0.4 is 0 Å². The molecule has 0 radical (unpaired) electrons. The van der Waals surface area contributed by atoms with Crippen molar-refractivity contribution in [2.75, 3.05) is 20.2 Å². The molecule has 0 aliphatic rings. The highest BCUT2D eigenvalue weighted by Crippen LogP contribution is 2.13. The predicted molar refractivity (Wildman–Crippen MR) is 44.2 cm³/mol. The van der Waals surface area contributed by atoms with Crippen molar-refractivity contribution in [3.05, 3.63) is 0 Å². The van der Waals surface area contributed by atoms with E-state index in [1.807, 2.05) is 20.8 Å². The predicted octanol–water partition coefficient (Wildman–Crippen LogP) is 0.483. The van der Waals surface area contributed by atoms with Gasteiger partial charge < -0.3 is 10.0 Å². The minimum absolute atomic E-state index is 0.0968. The van der Waals surface area contributed by atoms with Crippen molar-refractivity contribution >= 4 is 5.91 Å². The lowest BCUT2D eigenvalue weighted by atomic mass is 9.96. The number of likely N-dealkylation sites (N-methyl/N-ethyl adjacent to an activating group) is 1. The molecule has 0 saturated heterocycles. The Kier molecular flexibility index (Phi) is 3.52. The summed E-state index contributed by atoms with van der Waals surface area (Å²) in [7, 11) is 1.70. The molecule has 3 nitrogen and oxygen atoms in total. The molecule has 0 saturated carbocycles. The zero-order valence-corrected chi connectivity index (χ0v) is 7.72. The summed E-state index contributed by atoms with van der Waals surface area (Å²) in [5.74, 6) is -0.222. The van der Waals surface area contributed by atoms with E-state index in [0.29, 0.717) is 6.54 Å². The van der Waals surface area contributed by atoms with E-state index in [2.05, 4.69) is 0 Å². The number of carbonyl (C=O) groups excluding carboxylic acids is 1. The average Bonchev–Trinajstić information content (AvgIpc) is 1.82. The lowest BCUT2D eigenvalue weighted by Crippen LogP contribution is -2.36. The first-order valence-electron chi connectivity index (χ1n) is 3.71. The normalized spacial score (nSPS) is 11.4. The number of nitrogens with zero attached hydrogens (tertiary/aromatic N) is 1. The topological polar surface area (TPSA) is 40.5 Å². The van der Waals surface area contributed by atoms with Gasteiger partial charge in [-0.2, -0.15) is 0 Å². The van der Waals surface area contributed by atoms with E-state index in [-0.39, 0.29) is 11.3 Å². The van der Waals surface area contributed by atoms with E-state index in [1.54, 1.807) is 11.9 Å². The van der Waals surface area contributed by atoms with Gasteiger partial charge in [-0.1, -0.05) is 20.8 Å². The van der Waals surface area contributed by atoms with E-state index in [4.69, 9.17) is 5.11 Å².